The molecule has 0 unspecified atom stereocenters. The van der Waals surface area contributed by atoms with E-state index in [1.54, 1.807) is 42.5 Å². The van der Waals surface area contributed by atoms with Crippen molar-refractivity contribution >= 4 is 17.6 Å². The third-order valence-corrected chi connectivity index (χ3v) is 5.11. The monoisotopic (exact) mass is 382 g/mol. The van der Waals surface area contributed by atoms with E-state index in [9.17, 15) is 14.7 Å². The molecule has 0 bridgehead atoms. The first-order valence-electron chi connectivity index (χ1n) is 9.29. The third-order valence-electron chi connectivity index (χ3n) is 5.11. The highest BCUT2D eigenvalue weighted by Gasteiger charge is 2.31. The predicted molar refractivity (Wildman–Crippen MR) is 98.2 cm³/mol. The molecule has 1 amide bonds. The second-order valence-corrected chi connectivity index (χ2v) is 6.95. The first-order chi connectivity index (χ1) is 13.6. The fourth-order valence-corrected chi connectivity index (χ4v) is 3.64. The van der Waals surface area contributed by atoms with E-state index < -0.39 is 17.8 Å². The van der Waals surface area contributed by atoms with E-state index in [1.807, 2.05) is 0 Å². The number of rotatable bonds is 5. The van der Waals surface area contributed by atoms with Gasteiger partial charge in [-0.05, 0) is 49.2 Å². The number of carbonyl (C=O) groups excluding carboxylic acids is 2. The average molecular weight is 382 g/mol. The zero-order valence-corrected chi connectivity index (χ0v) is 15.2. The van der Waals surface area contributed by atoms with Crippen LogP contribution in [0.4, 0.5) is 5.69 Å². The summed E-state index contributed by atoms with van der Waals surface area (Å²) >= 11 is 0. The van der Waals surface area contributed by atoms with Gasteiger partial charge in [-0.3, -0.25) is 4.79 Å². The maximum Gasteiger partial charge on any atom is 0.231 e. The molecule has 1 heterocycles. The van der Waals surface area contributed by atoms with Gasteiger partial charge in [-0.2, -0.15) is 0 Å². The quantitative estimate of drug-likeness (QED) is 0.854. The number of carboxylic acid groups (broad SMARTS) is 1. The van der Waals surface area contributed by atoms with Gasteiger partial charge in [0.05, 0.1) is 0 Å². The Morgan fingerprint density at radius 3 is 2.36 bits per heavy atom. The van der Waals surface area contributed by atoms with Crippen LogP contribution < -0.4 is 24.6 Å². The van der Waals surface area contributed by atoms with Crippen LogP contribution in [0, 0.1) is 11.8 Å². The number of carboxylic acids is 1. The molecule has 146 valence electrons. The Morgan fingerprint density at radius 1 is 0.929 bits per heavy atom. The Bertz CT molecular complexity index is 879. The fraction of sp³-hybridized carbons (Fsp3) is 0.333. The highest BCUT2D eigenvalue weighted by Crippen LogP contribution is 2.37. The van der Waals surface area contributed by atoms with Gasteiger partial charge < -0.3 is 29.4 Å². The minimum atomic E-state index is -1.15. The molecular formula is C21H20NO6-. The van der Waals surface area contributed by atoms with E-state index in [2.05, 4.69) is 5.32 Å². The van der Waals surface area contributed by atoms with Crippen LogP contribution >= 0.6 is 0 Å². The molecule has 4 rings (SSSR count). The molecule has 0 radical (unpaired) electrons. The fourth-order valence-electron chi connectivity index (χ4n) is 3.64. The summed E-state index contributed by atoms with van der Waals surface area (Å²) in [6.45, 7) is 0.201. The lowest BCUT2D eigenvalue weighted by Crippen LogP contribution is -2.42. The molecule has 1 fully saturated rings. The van der Waals surface area contributed by atoms with Crippen LogP contribution in [0.2, 0.25) is 0 Å². The van der Waals surface area contributed by atoms with E-state index >= 15 is 0 Å². The lowest BCUT2D eigenvalue weighted by molar-refractivity contribution is -0.313. The summed E-state index contributed by atoms with van der Waals surface area (Å²) in [4.78, 5) is 23.8. The summed E-state index contributed by atoms with van der Waals surface area (Å²) in [5.41, 5.74) is 0.589. The molecule has 7 heteroatoms. The Balaban J connectivity index is 1.39. The molecule has 2 atom stereocenters. The van der Waals surface area contributed by atoms with Crippen molar-refractivity contribution in [3.05, 3.63) is 42.5 Å². The van der Waals surface area contributed by atoms with Crippen LogP contribution in [0.25, 0.3) is 0 Å². The zero-order chi connectivity index (χ0) is 19.5. The van der Waals surface area contributed by atoms with Gasteiger partial charge in [0.2, 0.25) is 12.7 Å². The SMILES string of the molecule is O=C([O-])[C@H]1CCCC[C@@H]1C(=O)Nc1ccc(Oc2ccc3c(c2)OCO3)cc1. The Labute approximate surface area is 162 Å². The average Bonchev–Trinajstić information content (AvgIpc) is 3.17. The topological polar surface area (TPSA) is 96.9 Å². The largest absolute Gasteiger partial charge is 0.550 e. The highest BCUT2D eigenvalue weighted by molar-refractivity contribution is 5.95. The predicted octanol–water partition coefficient (Wildman–Crippen LogP) is 2.70. The number of hydrogen-bond acceptors (Lipinski definition) is 6. The Morgan fingerprint density at radius 2 is 1.61 bits per heavy atom. The van der Waals surface area contributed by atoms with E-state index in [0.717, 1.165) is 12.8 Å². The summed E-state index contributed by atoms with van der Waals surface area (Å²) in [5, 5.41) is 14.1. The maximum atomic E-state index is 12.5. The summed E-state index contributed by atoms with van der Waals surface area (Å²) in [5.74, 6) is -0.169. The number of nitrogens with one attached hydrogen (secondary N) is 1. The number of fused-ring (bicyclic) bond motifs is 1. The molecule has 2 aromatic rings. The number of aliphatic carboxylic acids is 1. The van der Waals surface area contributed by atoms with Crippen molar-refractivity contribution in [1.29, 1.82) is 0 Å². The van der Waals surface area contributed by atoms with Gasteiger partial charge in [0, 0.05) is 29.6 Å². The van der Waals surface area contributed by atoms with Gasteiger partial charge in [-0.1, -0.05) is 12.8 Å². The van der Waals surface area contributed by atoms with Gasteiger partial charge in [0.15, 0.2) is 11.5 Å². The van der Waals surface area contributed by atoms with Crippen molar-refractivity contribution in [1.82, 2.24) is 0 Å². The summed E-state index contributed by atoms with van der Waals surface area (Å²) in [7, 11) is 0. The number of hydrogen-bond donors (Lipinski definition) is 1. The smallest absolute Gasteiger partial charge is 0.231 e. The van der Waals surface area contributed by atoms with Crippen molar-refractivity contribution in [3.8, 4) is 23.0 Å². The van der Waals surface area contributed by atoms with E-state index in [4.69, 9.17) is 14.2 Å². The van der Waals surface area contributed by atoms with Gasteiger partial charge in [0.1, 0.15) is 11.5 Å². The Kier molecular flexibility index (Phi) is 5.06. The van der Waals surface area contributed by atoms with Crippen LogP contribution in [0.5, 0.6) is 23.0 Å². The van der Waals surface area contributed by atoms with Crippen molar-refractivity contribution < 1.29 is 28.9 Å². The first kappa shape index (κ1) is 18.2. The minimum absolute atomic E-state index is 0.201. The van der Waals surface area contributed by atoms with Gasteiger partial charge in [-0.25, -0.2) is 0 Å². The van der Waals surface area contributed by atoms with Crippen molar-refractivity contribution in [3.63, 3.8) is 0 Å². The number of anilines is 1. The van der Waals surface area contributed by atoms with E-state index in [0.29, 0.717) is 41.5 Å². The highest BCUT2D eigenvalue weighted by atomic mass is 16.7. The van der Waals surface area contributed by atoms with Gasteiger partial charge in [-0.15, -0.1) is 0 Å². The van der Waals surface area contributed by atoms with Crippen LogP contribution in [0.1, 0.15) is 25.7 Å². The van der Waals surface area contributed by atoms with Crippen molar-refractivity contribution in [2.24, 2.45) is 11.8 Å². The molecule has 1 N–H and O–H groups in total. The third kappa shape index (κ3) is 3.88. The van der Waals surface area contributed by atoms with Crippen molar-refractivity contribution in [2.75, 3.05) is 12.1 Å². The molecule has 2 aliphatic rings. The van der Waals surface area contributed by atoms with Crippen LogP contribution in [-0.4, -0.2) is 18.7 Å². The lowest BCUT2D eigenvalue weighted by Gasteiger charge is -2.31. The van der Waals surface area contributed by atoms with Gasteiger partial charge in [0.25, 0.3) is 0 Å². The zero-order valence-electron chi connectivity index (χ0n) is 15.2. The summed E-state index contributed by atoms with van der Waals surface area (Å²) in [6.07, 6.45) is 2.72. The standard InChI is InChI=1S/C21H21NO6/c23-20(16-3-1-2-4-17(16)21(24)25)22-13-5-7-14(8-6-13)28-15-9-10-18-19(11-15)27-12-26-18/h5-11,16-17H,1-4,12H2,(H,22,23)(H,24,25)/p-1/t16-,17-/m0/s1. The molecule has 28 heavy (non-hydrogen) atoms. The molecule has 2 aromatic carbocycles. The maximum absolute atomic E-state index is 12.5. The summed E-state index contributed by atoms with van der Waals surface area (Å²) in [6, 6.07) is 12.2. The van der Waals surface area contributed by atoms with Gasteiger partial charge >= 0.3 is 0 Å². The number of amides is 1. The normalized spacial score (nSPS) is 20.4. The van der Waals surface area contributed by atoms with Crippen LogP contribution in [-0.2, 0) is 9.59 Å². The Hall–Kier alpha value is -3.22. The van der Waals surface area contributed by atoms with Crippen LogP contribution in [0.3, 0.4) is 0 Å². The summed E-state index contributed by atoms with van der Waals surface area (Å²) < 4.78 is 16.4. The number of carbonyl (C=O) groups is 2. The molecule has 0 aromatic heterocycles. The molecule has 1 saturated carbocycles. The lowest BCUT2D eigenvalue weighted by atomic mass is 9.78. The number of benzene rings is 2. The molecule has 1 aliphatic carbocycles. The molecule has 0 saturated heterocycles. The molecule has 1 aliphatic heterocycles. The second-order valence-electron chi connectivity index (χ2n) is 6.95. The minimum Gasteiger partial charge on any atom is -0.550 e. The molecule has 0 spiro atoms. The van der Waals surface area contributed by atoms with E-state index in [1.165, 1.54) is 0 Å². The molecule has 7 nitrogen and oxygen atoms in total. The van der Waals surface area contributed by atoms with E-state index in [-0.39, 0.29) is 12.7 Å². The number of ether oxygens (including phenoxy) is 3. The second kappa shape index (κ2) is 7.80. The first-order valence-corrected chi connectivity index (χ1v) is 9.29. The van der Waals surface area contributed by atoms with Crippen LogP contribution in [0.15, 0.2) is 42.5 Å². The molecular weight excluding hydrogens is 362 g/mol. The van der Waals surface area contributed by atoms with Crippen molar-refractivity contribution in [2.45, 2.75) is 25.7 Å².